The van der Waals surface area contributed by atoms with E-state index in [2.05, 4.69) is 9.98 Å². The zero-order valence-electron chi connectivity index (χ0n) is 15.5. The highest BCUT2D eigenvalue weighted by molar-refractivity contribution is 5.95. The van der Waals surface area contributed by atoms with Crippen LogP contribution in [0.2, 0.25) is 0 Å². The average molecular weight is 411 g/mol. The average Bonchev–Trinajstić information content (AvgIpc) is 2.68. The van der Waals surface area contributed by atoms with E-state index in [1.54, 1.807) is 0 Å². The van der Waals surface area contributed by atoms with Gasteiger partial charge in [-0.2, -0.15) is 0 Å². The number of rotatable bonds is 5. The van der Waals surface area contributed by atoms with Crippen molar-refractivity contribution in [1.29, 1.82) is 0 Å². The Labute approximate surface area is 163 Å². The predicted molar refractivity (Wildman–Crippen MR) is 96.6 cm³/mol. The molecule has 2 heterocycles. The van der Waals surface area contributed by atoms with Gasteiger partial charge in [0.05, 0.1) is 11.7 Å². The minimum Gasteiger partial charge on any atom is -0.385 e. The summed E-state index contributed by atoms with van der Waals surface area (Å²) in [6, 6.07) is 4.35. The van der Waals surface area contributed by atoms with Crippen LogP contribution in [-0.2, 0) is 12.0 Å². The molecule has 2 N–H and O–H groups in total. The Hall–Kier alpha value is -2.84. The summed E-state index contributed by atoms with van der Waals surface area (Å²) in [7, 11) is 0. The highest BCUT2D eigenvalue weighted by Gasteiger charge is 2.45. The number of aromatic nitrogens is 1. The molecule has 0 radical (unpaired) electrons. The first-order valence-electron chi connectivity index (χ1n) is 8.82. The Morgan fingerprint density at radius 2 is 1.93 bits per heavy atom. The smallest absolute Gasteiger partial charge is 0.195 e. The molecule has 9 heteroatoms. The number of nitrogens with zero attached hydrogens (tertiary/aromatic N) is 2. The second-order valence-corrected chi connectivity index (χ2v) is 7.27. The maximum Gasteiger partial charge on any atom is 0.195 e. The lowest BCUT2D eigenvalue weighted by Gasteiger charge is -2.36. The number of aliphatic imine (C=N–C) groups is 1. The molecule has 1 aromatic carbocycles. The third kappa shape index (κ3) is 3.99. The van der Waals surface area contributed by atoms with Gasteiger partial charge in [-0.1, -0.05) is 0 Å². The minimum atomic E-state index is -2.43. The van der Waals surface area contributed by atoms with Gasteiger partial charge in [0, 0.05) is 12.0 Å². The highest BCUT2D eigenvalue weighted by atomic mass is 19.2. The molecule has 2 aromatic rings. The van der Waals surface area contributed by atoms with Gasteiger partial charge in [0.25, 0.3) is 0 Å². The lowest BCUT2D eigenvalue weighted by atomic mass is 9.80. The number of ketones is 1. The molecule has 3 rings (SSSR count). The third-order valence-corrected chi connectivity index (χ3v) is 5.09. The lowest BCUT2D eigenvalue weighted by Crippen LogP contribution is -2.48. The van der Waals surface area contributed by atoms with Gasteiger partial charge < -0.3 is 5.73 Å². The van der Waals surface area contributed by atoms with Gasteiger partial charge in [0.15, 0.2) is 23.1 Å². The topological polar surface area (TPSA) is 68.3 Å². The molecule has 0 saturated heterocycles. The third-order valence-electron chi connectivity index (χ3n) is 5.09. The van der Waals surface area contributed by atoms with Gasteiger partial charge in [0.1, 0.15) is 24.0 Å². The maximum atomic E-state index is 14.5. The van der Waals surface area contributed by atoms with E-state index in [-0.39, 0.29) is 36.1 Å². The van der Waals surface area contributed by atoms with Crippen molar-refractivity contribution in [3.8, 4) is 0 Å². The van der Waals surface area contributed by atoms with E-state index in [1.165, 1.54) is 19.1 Å². The van der Waals surface area contributed by atoms with E-state index in [0.717, 1.165) is 18.3 Å². The number of carbonyl (C=O) groups is 1. The molecule has 0 saturated carbocycles. The largest absolute Gasteiger partial charge is 0.385 e. The van der Waals surface area contributed by atoms with Crippen molar-refractivity contribution in [2.45, 2.75) is 37.4 Å². The van der Waals surface area contributed by atoms with Crippen LogP contribution in [0, 0.1) is 17.5 Å². The molecule has 0 fully saturated rings. The summed E-state index contributed by atoms with van der Waals surface area (Å²) in [5, 5.41) is 0. The van der Waals surface area contributed by atoms with Crippen LogP contribution in [-0.4, -0.2) is 28.9 Å². The van der Waals surface area contributed by atoms with Crippen LogP contribution in [0.1, 0.15) is 41.4 Å². The first-order chi connectivity index (χ1) is 13.6. The van der Waals surface area contributed by atoms with E-state index in [9.17, 15) is 26.7 Å². The molecule has 154 valence electrons. The Bertz CT molecular complexity index is 979. The highest BCUT2D eigenvalue weighted by Crippen LogP contribution is 2.41. The predicted octanol–water partition coefficient (Wildman–Crippen LogP) is 3.97. The normalized spacial score (nSPS) is 24.3. The fourth-order valence-corrected chi connectivity index (χ4v) is 3.28. The summed E-state index contributed by atoms with van der Waals surface area (Å²) in [6.07, 6.45) is 0.0919. The van der Waals surface area contributed by atoms with Gasteiger partial charge in [-0.15, -0.1) is 0 Å². The molecular formula is C20H18F5N3O. The maximum absolute atomic E-state index is 14.5. The molecule has 0 aliphatic carbocycles. The number of nitrogens with two attached hydrogens (primary N) is 1. The van der Waals surface area contributed by atoms with Gasteiger partial charge >= 0.3 is 0 Å². The van der Waals surface area contributed by atoms with Crippen molar-refractivity contribution in [2.75, 3.05) is 6.67 Å². The molecule has 2 atom stereocenters. The van der Waals surface area contributed by atoms with Crippen LogP contribution in [0.5, 0.6) is 0 Å². The van der Waals surface area contributed by atoms with E-state index in [4.69, 9.17) is 5.73 Å². The van der Waals surface area contributed by atoms with Crippen molar-refractivity contribution in [3.05, 3.63) is 64.7 Å². The second kappa shape index (κ2) is 7.53. The first-order valence-corrected chi connectivity index (χ1v) is 8.82. The number of alkyl halides is 2. The molecule has 0 spiro atoms. The van der Waals surface area contributed by atoms with Crippen LogP contribution in [0.3, 0.4) is 0 Å². The number of benzene rings is 1. The number of hydrogen-bond donors (Lipinski definition) is 1. The van der Waals surface area contributed by atoms with Crippen molar-refractivity contribution in [1.82, 2.24) is 4.98 Å². The molecule has 0 unspecified atom stereocenters. The molecule has 0 amide bonds. The molecular weight excluding hydrogens is 393 g/mol. The summed E-state index contributed by atoms with van der Waals surface area (Å²) in [5.41, 5.74) is 1.59. The van der Waals surface area contributed by atoms with Crippen LogP contribution in [0.25, 0.3) is 0 Å². The van der Waals surface area contributed by atoms with E-state index in [0.29, 0.717) is 0 Å². The summed E-state index contributed by atoms with van der Waals surface area (Å²) in [6.45, 7) is 0.0666. The zero-order chi connectivity index (χ0) is 21.4. The molecule has 29 heavy (non-hydrogen) atoms. The number of carbonyl (C=O) groups excluding carboxylic acids is 1. The molecule has 4 nitrogen and oxygen atoms in total. The van der Waals surface area contributed by atoms with Crippen molar-refractivity contribution in [3.63, 3.8) is 0 Å². The summed E-state index contributed by atoms with van der Waals surface area (Å²) in [4.78, 5) is 19.9. The van der Waals surface area contributed by atoms with Crippen LogP contribution < -0.4 is 5.73 Å². The SMILES string of the molecule is C[C@@]1(c2cc(CC(=O)c3ccc(F)cn3)cc(F)c2F)CC[C@](F)(CF)C(N)=N1. The zero-order valence-corrected chi connectivity index (χ0v) is 15.5. The van der Waals surface area contributed by atoms with E-state index >= 15 is 0 Å². The van der Waals surface area contributed by atoms with E-state index < -0.39 is 47.0 Å². The minimum absolute atomic E-state index is 0.0333. The van der Waals surface area contributed by atoms with Crippen LogP contribution in [0.15, 0.2) is 35.5 Å². The Morgan fingerprint density at radius 3 is 2.52 bits per heavy atom. The summed E-state index contributed by atoms with van der Waals surface area (Å²) < 4.78 is 69.0. The summed E-state index contributed by atoms with van der Waals surface area (Å²) in [5.74, 6) is -4.18. The number of hydrogen-bond acceptors (Lipinski definition) is 4. The standard InChI is InChI=1S/C20H18F5N3O/c1-19(4-5-20(25,10-21)18(26)28-19)13-6-11(7-14(23)17(13)24)8-16(29)15-3-2-12(22)9-27-15/h2-3,6-7,9H,4-5,8,10H2,1H3,(H2,26,28)/t19-,20-/m0/s1. The number of Topliss-reactive ketones (excluding diaryl/α,β-unsaturated/α-hetero) is 1. The Kier molecular flexibility index (Phi) is 5.42. The fourth-order valence-electron chi connectivity index (χ4n) is 3.28. The van der Waals surface area contributed by atoms with Gasteiger partial charge in [-0.05, 0) is 49.6 Å². The molecule has 1 aromatic heterocycles. The number of amidine groups is 1. The molecule has 1 aliphatic heterocycles. The number of pyridine rings is 1. The van der Waals surface area contributed by atoms with Crippen molar-refractivity contribution >= 4 is 11.6 Å². The van der Waals surface area contributed by atoms with Crippen LogP contribution in [0.4, 0.5) is 22.0 Å². The first kappa shape index (κ1) is 20.9. The van der Waals surface area contributed by atoms with Gasteiger partial charge in [0.2, 0.25) is 0 Å². The van der Waals surface area contributed by atoms with E-state index in [1.807, 2.05) is 0 Å². The van der Waals surface area contributed by atoms with Crippen molar-refractivity contribution in [2.24, 2.45) is 10.7 Å². The molecule has 0 bridgehead atoms. The summed E-state index contributed by atoms with van der Waals surface area (Å²) >= 11 is 0. The van der Waals surface area contributed by atoms with Gasteiger partial charge in [-0.25, -0.2) is 22.0 Å². The Balaban J connectivity index is 1.96. The van der Waals surface area contributed by atoms with Crippen molar-refractivity contribution < 1.29 is 26.7 Å². The fraction of sp³-hybridized carbons (Fsp3) is 0.350. The second-order valence-electron chi connectivity index (χ2n) is 7.27. The monoisotopic (exact) mass is 411 g/mol. The number of halogens is 5. The quantitative estimate of drug-likeness (QED) is 0.598. The lowest BCUT2D eigenvalue weighted by molar-refractivity contribution is 0.0988. The van der Waals surface area contributed by atoms with Crippen LogP contribution >= 0.6 is 0 Å². The molecule has 1 aliphatic rings. The Morgan fingerprint density at radius 1 is 1.21 bits per heavy atom. The van der Waals surface area contributed by atoms with Gasteiger partial charge in [-0.3, -0.25) is 14.8 Å².